The summed E-state index contributed by atoms with van der Waals surface area (Å²) in [6.45, 7) is 5.29. The van der Waals surface area contributed by atoms with Crippen LogP contribution < -0.4 is 5.32 Å². The number of benzene rings is 1. The first-order valence-corrected chi connectivity index (χ1v) is 6.98. The predicted molar refractivity (Wildman–Crippen MR) is 73.6 cm³/mol. The molecule has 1 fully saturated rings. The number of carbonyl (C=O) groups excluding carboxylic acids is 1. The number of rotatable bonds is 4. The quantitative estimate of drug-likeness (QED) is 0.906. The smallest absolute Gasteiger partial charge is 0.251 e. The van der Waals surface area contributed by atoms with Crippen LogP contribution in [-0.4, -0.2) is 36.5 Å². The summed E-state index contributed by atoms with van der Waals surface area (Å²) in [4.78, 5) is 14.4. The third-order valence-corrected chi connectivity index (χ3v) is 3.49. The SMILES string of the molecule is CCCN1CCCC(NC(=O)c2ccc(F)cc2)C1. The van der Waals surface area contributed by atoms with E-state index in [1.54, 1.807) is 0 Å². The van der Waals surface area contributed by atoms with Crippen molar-refractivity contribution in [1.29, 1.82) is 0 Å². The number of nitrogens with one attached hydrogen (secondary N) is 1. The molecule has 0 saturated carbocycles. The standard InChI is InChI=1S/C15H21FN2O/c1-2-9-18-10-3-4-14(11-18)17-15(19)12-5-7-13(16)8-6-12/h5-8,14H,2-4,9-11H2,1H3,(H,17,19). The summed E-state index contributed by atoms with van der Waals surface area (Å²) in [6.07, 6.45) is 3.28. The Bertz CT molecular complexity index is 417. The van der Waals surface area contributed by atoms with E-state index >= 15 is 0 Å². The zero-order valence-corrected chi connectivity index (χ0v) is 11.4. The highest BCUT2D eigenvalue weighted by atomic mass is 19.1. The molecule has 0 aliphatic carbocycles. The molecule has 1 heterocycles. The first kappa shape index (κ1) is 14.0. The average molecular weight is 264 g/mol. The first-order chi connectivity index (χ1) is 9.19. The van der Waals surface area contributed by atoms with E-state index < -0.39 is 0 Å². The van der Waals surface area contributed by atoms with Crippen LogP contribution in [0.4, 0.5) is 4.39 Å². The second kappa shape index (κ2) is 6.66. The fourth-order valence-electron chi connectivity index (χ4n) is 2.56. The molecule has 1 aromatic carbocycles. The minimum absolute atomic E-state index is 0.108. The molecular formula is C15H21FN2O. The molecule has 19 heavy (non-hydrogen) atoms. The summed E-state index contributed by atoms with van der Waals surface area (Å²) in [6, 6.07) is 5.89. The molecule has 1 atom stereocenters. The maximum absolute atomic E-state index is 12.8. The summed E-state index contributed by atoms with van der Waals surface area (Å²) >= 11 is 0. The normalized spacial score (nSPS) is 20.2. The van der Waals surface area contributed by atoms with Crippen molar-refractivity contribution in [3.8, 4) is 0 Å². The van der Waals surface area contributed by atoms with Gasteiger partial charge in [-0.3, -0.25) is 4.79 Å². The number of likely N-dealkylation sites (tertiary alicyclic amines) is 1. The van der Waals surface area contributed by atoms with Crippen LogP contribution in [0, 0.1) is 5.82 Å². The van der Waals surface area contributed by atoms with Gasteiger partial charge in [-0.15, -0.1) is 0 Å². The molecule has 1 aromatic rings. The zero-order valence-electron chi connectivity index (χ0n) is 11.4. The number of hydrogen-bond acceptors (Lipinski definition) is 2. The van der Waals surface area contributed by atoms with Gasteiger partial charge in [0.2, 0.25) is 0 Å². The van der Waals surface area contributed by atoms with E-state index in [4.69, 9.17) is 0 Å². The first-order valence-electron chi connectivity index (χ1n) is 6.98. The lowest BCUT2D eigenvalue weighted by Crippen LogP contribution is -2.47. The molecule has 1 aliphatic heterocycles. The fourth-order valence-corrected chi connectivity index (χ4v) is 2.56. The van der Waals surface area contributed by atoms with Gasteiger partial charge >= 0.3 is 0 Å². The van der Waals surface area contributed by atoms with Crippen LogP contribution in [0.1, 0.15) is 36.5 Å². The summed E-state index contributed by atoms with van der Waals surface area (Å²) in [5.41, 5.74) is 0.522. The van der Waals surface area contributed by atoms with E-state index in [1.807, 2.05) is 0 Å². The van der Waals surface area contributed by atoms with E-state index in [-0.39, 0.29) is 17.8 Å². The third-order valence-electron chi connectivity index (χ3n) is 3.49. The van der Waals surface area contributed by atoms with Crippen LogP contribution in [0.3, 0.4) is 0 Å². The molecule has 2 rings (SSSR count). The van der Waals surface area contributed by atoms with Crippen LogP contribution in [-0.2, 0) is 0 Å². The van der Waals surface area contributed by atoms with Crippen LogP contribution in [0.5, 0.6) is 0 Å². The average Bonchev–Trinajstić information content (AvgIpc) is 2.40. The van der Waals surface area contributed by atoms with Gasteiger partial charge in [0.15, 0.2) is 0 Å². The van der Waals surface area contributed by atoms with Gasteiger partial charge in [-0.25, -0.2) is 4.39 Å². The second-order valence-corrected chi connectivity index (χ2v) is 5.12. The monoisotopic (exact) mass is 264 g/mol. The zero-order chi connectivity index (χ0) is 13.7. The predicted octanol–water partition coefficient (Wildman–Crippen LogP) is 2.43. The lowest BCUT2D eigenvalue weighted by Gasteiger charge is -2.32. The molecule has 1 amide bonds. The Morgan fingerprint density at radius 3 is 2.84 bits per heavy atom. The van der Waals surface area contributed by atoms with Crippen molar-refractivity contribution in [1.82, 2.24) is 10.2 Å². The molecular weight excluding hydrogens is 243 g/mol. The molecule has 0 spiro atoms. The van der Waals surface area contributed by atoms with Crippen LogP contribution in [0.15, 0.2) is 24.3 Å². The maximum Gasteiger partial charge on any atom is 0.251 e. The topological polar surface area (TPSA) is 32.3 Å². The number of carbonyl (C=O) groups is 1. The summed E-state index contributed by atoms with van der Waals surface area (Å²) in [5, 5.41) is 3.04. The third kappa shape index (κ3) is 4.03. The molecule has 1 unspecified atom stereocenters. The number of piperidine rings is 1. The van der Waals surface area contributed by atoms with E-state index in [1.165, 1.54) is 24.3 Å². The highest BCUT2D eigenvalue weighted by Gasteiger charge is 2.21. The lowest BCUT2D eigenvalue weighted by atomic mass is 10.0. The summed E-state index contributed by atoms with van der Waals surface area (Å²) in [5.74, 6) is -0.424. The molecule has 3 nitrogen and oxygen atoms in total. The Morgan fingerprint density at radius 1 is 1.42 bits per heavy atom. The fraction of sp³-hybridized carbons (Fsp3) is 0.533. The lowest BCUT2D eigenvalue weighted by molar-refractivity contribution is 0.0904. The van der Waals surface area contributed by atoms with Crippen LogP contribution >= 0.6 is 0 Å². The largest absolute Gasteiger partial charge is 0.348 e. The molecule has 1 N–H and O–H groups in total. The van der Waals surface area contributed by atoms with E-state index in [2.05, 4.69) is 17.1 Å². The second-order valence-electron chi connectivity index (χ2n) is 5.12. The summed E-state index contributed by atoms with van der Waals surface area (Å²) < 4.78 is 12.8. The molecule has 0 radical (unpaired) electrons. The highest BCUT2D eigenvalue weighted by Crippen LogP contribution is 2.11. The van der Waals surface area contributed by atoms with Crippen molar-refractivity contribution in [2.45, 2.75) is 32.2 Å². The van der Waals surface area contributed by atoms with E-state index in [0.29, 0.717) is 5.56 Å². The van der Waals surface area contributed by atoms with Crippen molar-refractivity contribution in [3.05, 3.63) is 35.6 Å². The van der Waals surface area contributed by atoms with Crippen molar-refractivity contribution in [2.75, 3.05) is 19.6 Å². The Balaban J connectivity index is 1.89. The Labute approximate surface area is 113 Å². The van der Waals surface area contributed by atoms with Crippen LogP contribution in [0.25, 0.3) is 0 Å². The Morgan fingerprint density at radius 2 is 2.16 bits per heavy atom. The highest BCUT2D eigenvalue weighted by molar-refractivity contribution is 5.94. The molecule has 0 bridgehead atoms. The molecule has 4 heteroatoms. The van der Waals surface area contributed by atoms with E-state index in [9.17, 15) is 9.18 Å². The van der Waals surface area contributed by atoms with Crippen LogP contribution in [0.2, 0.25) is 0 Å². The number of nitrogens with zero attached hydrogens (tertiary/aromatic N) is 1. The molecule has 104 valence electrons. The molecule has 1 saturated heterocycles. The van der Waals surface area contributed by atoms with Gasteiger partial charge in [-0.2, -0.15) is 0 Å². The van der Waals surface area contributed by atoms with Gasteiger partial charge in [-0.05, 0) is 56.6 Å². The van der Waals surface area contributed by atoms with Gasteiger partial charge < -0.3 is 10.2 Å². The Kier molecular flexibility index (Phi) is 4.91. The molecule has 0 aromatic heterocycles. The van der Waals surface area contributed by atoms with Gasteiger partial charge in [0.05, 0.1) is 0 Å². The maximum atomic E-state index is 12.8. The van der Waals surface area contributed by atoms with Gasteiger partial charge in [-0.1, -0.05) is 6.92 Å². The van der Waals surface area contributed by atoms with Crippen molar-refractivity contribution in [2.24, 2.45) is 0 Å². The minimum Gasteiger partial charge on any atom is -0.348 e. The summed E-state index contributed by atoms with van der Waals surface area (Å²) in [7, 11) is 0. The van der Waals surface area contributed by atoms with Crippen molar-refractivity contribution in [3.63, 3.8) is 0 Å². The number of hydrogen-bond donors (Lipinski definition) is 1. The van der Waals surface area contributed by atoms with Crippen molar-refractivity contribution >= 4 is 5.91 Å². The number of halogens is 1. The Hall–Kier alpha value is -1.42. The minimum atomic E-state index is -0.316. The van der Waals surface area contributed by atoms with E-state index in [0.717, 1.165) is 38.9 Å². The van der Waals surface area contributed by atoms with Gasteiger partial charge in [0.25, 0.3) is 5.91 Å². The number of amides is 1. The van der Waals surface area contributed by atoms with Gasteiger partial charge in [0, 0.05) is 18.2 Å². The van der Waals surface area contributed by atoms with Crippen molar-refractivity contribution < 1.29 is 9.18 Å². The molecule has 1 aliphatic rings. The van der Waals surface area contributed by atoms with Gasteiger partial charge in [0.1, 0.15) is 5.82 Å².